The molecule has 1 aromatic rings. The highest BCUT2D eigenvalue weighted by Gasteiger charge is 2.50. The fraction of sp³-hybridized carbons (Fsp3) is 0.526. The molecule has 0 atom stereocenters. The maximum Gasteiger partial charge on any atom is 0.416 e. The van der Waals surface area contributed by atoms with Crippen molar-refractivity contribution in [1.82, 2.24) is 10.2 Å². The molecule has 0 unspecified atom stereocenters. The summed E-state index contributed by atoms with van der Waals surface area (Å²) < 4.78 is 38.3. The lowest BCUT2D eigenvalue weighted by Gasteiger charge is -2.28. The molecule has 4 amide bonds. The van der Waals surface area contributed by atoms with Crippen LogP contribution in [0.1, 0.15) is 50.5 Å². The van der Waals surface area contributed by atoms with Crippen molar-refractivity contribution in [2.75, 3.05) is 11.9 Å². The lowest BCUT2D eigenvalue weighted by molar-refractivity contribution is -0.137. The van der Waals surface area contributed by atoms with E-state index < -0.39 is 41.7 Å². The van der Waals surface area contributed by atoms with E-state index >= 15 is 0 Å². The van der Waals surface area contributed by atoms with Crippen LogP contribution in [0.15, 0.2) is 24.3 Å². The molecule has 1 saturated heterocycles. The van der Waals surface area contributed by atoms with Crippen LogP contribution in [0.25, 0.3) is 0 Å². The Kier molecular flexibility index (Phi) is 5.62. The number of nitrogens with one attached hydrogen (secondary N) is 2. The van der Waals surface area contributed by atoms with Crippen LogP contribution in [0.4, 0.5) is 23.7 Å². The van der Waals surface area contributed by atoms with Crippen molar-refractivity contribution in [2.45, 2.75) is 56.7 Å². The van der Waals surface area contributed by atoms with Gasteiger partial charge >= 0.3 is 12.2 Å². The zero-order valence-electron chi connectivity index (χ0n) is 15.3. The second-order valence-corrected chi connectivity index (χ2v) is 7.30. The monoisotopic (exact) mass is 397 g/mol. The Labute approximate surface area is 160 Å². The van der Waals surface area contributed by atoms with E-state index in [2.05, 4.69) is 10.6 Å². The first-order valence-electron chi connectivity index (χ1n) is 9.32. The van der Waals surface area contributed by atoms with Gasteiger partial charge in [-0.15, -0.1) is 0 Å². The second kappa shape index (κ2) is 7.81. The average molecular weight is 397 g/mol. The van der Waals surface area contributed by atoms with Crippen molar-refractivity contribution in [3.63, 3.8) is 0 Å². The molecule has 0 radical (unpaired) electrons. The smallest absolute Gasteiger partial charge is 0.325 e. The Morgan fingerprint density at radius 3 is 2.39 bits per heavy atom. The summed E-state index contributed by atoms with van der Waals surface area (Å²) in [5.74, 6) is -1.16. The minimum atomic E-state index is -4.53. The zero-order chi connectivity index (χ0) is 20.4. The van der Waals surface area contributed by atoms with Gasteiger partial charge in [0.2, 0.25) is 5.91 Å². The van der Waals surface area contributed by atoms with Crippen LogP contribution >= 0.6 is 0 Å². The molecule has 0 bridgehead atoms. The summed E-state index contributed by atoms with van der Waals surface area (Å²) in [5, 5.41) is 5.07. The average Bonchev–Trinajstić information content (AvgIpc) is 2.83. The molecule has 1 heterocycles. The SMILES string of the molecule is O=C(CN1C(=O)NC2(CCCCCCC2)C1=O)Nc1cccc(C(F)(F)F)c1. The van der Waals surface area contributed by atoms with E-state index in [0.717, 1.165) is 49.1 Å². The summed E-state index contributed by atoms with van der Waals surface area (Å²) in [6.07, 6.45) is 1.23. The first kappa shape index (κ1) is 20.2. The van der Waals surface area contributed by atoms with Crippen LogP contribution in [0.2, 0.25) is 0 Å². The van der Waals surface area contributed by atoms with Gasteiger partial charge in [0.15, 0.2) is 0 Å². The minimum absolute atomic E-state index is 0.0486. The Morgan fingerprint density at radius 2 is 1.75 bits per heavy atom. The number of halogens is 3. The second-order valence-electron chi connectivity index (χ2n) is 7.30. The van der Waals surface area contributed by atoms with Gasteiger partial charge in [-0.2, -0.15) is 13.2 Å². The van der Waals surface area contributed by atoms with Gasteiger partial charge in [0.25, 0.3) is 5.91 Å². The maximum atomic E-state index is 12.8. The Morgan fingerprint density at radius 1 is 1.11 bits per heavy atom. The fourth-order valence-electron chi connectivity index (χ4n) is 3.78. The molecule has 1 aliphatic carbocycles. The van der Waals surface area contributed by atoms with E-state index in [0.29, 0.717) is 12.8 Å². The lowest BCUT2D eigenvalue weighted by atomic mass is 9.84. The molecule has 6 nitrogen and oxygen atoms in total. The highest BCUT2D eigenvalue weighted by molar-refractivity contribution is 6.10. The third-order valence-electron chi connectivity index (χ3n) is 5.23. The number of benzene rings is 1. The van der Waals surface area contributed by atoms with E-state index in [-0.39, 0.29) is 5.69 Å². The standard InChI is InChI=1S/C19H22F3N3O3/c20-19(21,22)13-7-6-8-14(11-13)23-15(26)12-25-16(27)18(24-17(25)28)9-4-2-1-3-5-10-18/h6-8,11H,1-5,9-10,12H2,(H,23,26)(H,24,28). The molecule has 2 fully saturated rings. The number of nitrogens with zero attached hydrogens (tertiary/aromatic N) is 1. The lowest BCUT2D eigenvalue weighted by Crippen LogP contribution is -2.47. The number of hydrogen-bond donors (Lipinski definition) is 2. The number of anilines is 1. The Hall–Kier alpha value is -2.58. The molecule has 0 aromatic heterocycles. The molecule has 1 saturated carbocycles. The summed E-state index contributed by atoms with van der Waals surface area (Å²) in [7, 11) is 0. The van der Waals surface area contributed by atoms with Gasteiger partial charge in [0, 0.05) is 5.69 Å². The summed E-state index contributed by atoms with van der Waals surface area (Å²) >= 11 is 0. The van der Waals surface area contributed by atoms with Crippen LogP contribution in [-0.2, 0) is 15.8 Å². The van der Waals surface area contributed by atoms with E-state index in [9.17, 15) is 27.6 Å². The molecule has 1 aromatic carbocycles. The summed E-state index contributed by atoms with van der Waals surface area (Å²) in [6.45, 7) is -0.539. The van der Waals surface area contributed by atoms with Gasteiger partial charge in [-0.1, -0.05) is 38.2 Å². The molecule has 1 spiro atoms. The number of rotatable bonds is 3. The number of carbonyl (C=O) groups is 3. The molecule has 3 rings (SSSR count). The third kappa shape index (κ3) is 4.28. The van der Waals surface area contributed by atoms with Crippen molar-refractivity contribution >= 4 is 23.5 Å². The molecule has 1 aliphatic heterocycles. The molecule has 9 heteroatoms. The first-order valence-corrected chi connectivity index (χ1v) is 9.32. The Bertz CT molecular complexity index is 771. The molecule has 152 valence electrons. The number of carbonyl (C=O) groups excluding carboxylic acids is 3. The van der Waals surface area contributed by atoms with E-state index in [1.807, 2.05) is 0 Å². The van der Waals surface area contributed by atoms with E-state index in [1.165, 1.54) is 12.1 Å². The number of amides is 4. The molecule has 2 N–H and O–H groups in total. The van der Waals surface area contributed by atoms with Crippen molar-refractivity contribution in [2.24, 2.45) is 0 Å². The third-order valence-corrected chi connectivity index (χ3v) is 5.23. The van der Waals surface area contributed by atoms with Crippen LogP contribution in [0.5, 0.6) is 0 Å². The normalized spacial score (nSPS) is 19.9. The van der Waals surface area contributed by atoms with Gasteiger partial charge in [-0.25, -0.2) is 4.79 Å². The molecule has 2 aliphatic rings. The zero-order valence-corrected chi connectivity index (χ0v) is 15.3. The first-order chi connectivity index (χ1) is 13.2. The van der Waals surface area contributed by atoms with Crippen LogP contribution in [0, 0.1) is 0 Å². The van der Waals surface area contributed by atoms with Crippen molar-refractivity contribution < 1.29 is 27.6 Å². The predicted octanol–water partition coefficient (Wildman–Crippen LogP) is 3.68. The van der Waals surface area contributed by atoms with Crippen molar-refractivity contribution in [1.29, 1.82) is 0 Å². The van der Waals surface area contributed by atoms with E-state index in [1.54, 1.807) is 0 Å². The fourth-order valence-corrected chi connectivity index (χ4v) is 3.78. The number of alkyl halides is 3. The molecule has 28 heavy (non-hydrogen) atoms. The van der Waals surface area contributed by atoms with Crippen LogP contribution in [-0.4, -0.2) is 34.8 Å². The number of hydrogen-bond acceptors (Lipinski definition) is 3. The van der Waals surface area contributed by atoms with Gasteiger partial charge in [-0.05, 0) is 31.0 Å². The minimum Gasteiger partial charge on any atom is -0.325 e. The Balaban J connectivity index is 1.67. The van der Waals surface area contributed by atoms with Gasteiger partial charge in [-0.3, -0.25) is 14.5 Å². The summed E-state index contributed by atoms with van der Waals surface area (Å²) in [4.78, 5) is 38.2. The van der Waals surface area contributed by atoms with Crippen molar-refractivity contribution in [3.05, 3.63) is 29.8 Å². The molecular formula is C19H22F3N3O3. The van der Waals surface area contributed by atoms with Gasteiger partial charge in [0.1, 0.15) is 12.1 Å². The predicted molar refractivity (Wildman–Crippen MR) is 95.4 cm³/mol. The van der Waals surface area contributed by atoms with Crippen LogP contribution < -0.4 is 10.6 Å². The molecular weight excluding hydrogens is 375 g/mol. The maximum absolute atomic E-state index is 12.8. The highest BCUT2D eigenvalue weighted by atomic mass is 19.4. The van der Waals surface area contributed by atoms with Crippen molar-refractivity contribution in [3.8, 4) is 0 Å². The van der Waals surface area contributed by atoms with Crippen LogP contribution in [0.3, 0.4) is 0 Å². The van der Waals surface area contributed by atoms with Gasteiger partial charge in [0.05, 0.1) is 5.56 Å². The topological polar surface area (TPSA) is 78.5 Å². The summed E-state index contributed by atoms with van der Waals surface area (Å²) in [5.41, 5.74) is -1.91. The quantitative estimate of drug-likeness (QED) is 0.764. The highest BCUT2D eigenvalue weighted by Crippen LogP contribution is 2.32. The largest absolute Gasteiger partial charge is 0.416 e. The summed E-state index contributed by atoms with van der Waals surface area (Å²) in [6, 6.07) is 3.56. The number of urea groups is 1. The van der Waals surface area contributed by atoms with Gasteiger partial charge < -0.3 is 10.6 Å². The number of imide groups is 1. The van der Waals surface area contributed by atoms with E-state index in [4.69, 9.17) is 0 Å².